The molecule has 1 N–H and O–H groups in total. The number of rotatable bonds is 4. The van der Waals surface area contributed by atoms with Crippen LogP contribution in [0.4, 0.5) is 5.69 Å². The fraction of sp³-hybridized carbons (Fsp3) is 0.389. The van der Waals surface area contributed by atoms with E-state index >= 15 is 0 Å². The van der Waals surface area contributed by atoms with Crippen molar-refractivity contribution in [1.29, 1.82) is 0 Å². The van der Waals surface area contributed by atoms with E-state index in [0.29, 0.717) is 12.2 Å². The lowest BCUT2D eigenvalue weighted by Crippen LogP contribution is -2.26. The zero-order valence-electron chi connectivity index (χ0n) is 13.2. The first-order chi connectivity index (χ1) is 11.3. The SMILES string of the molecule is O=C(NCc1ccccn1)c1ccc(N2CCCCCC2)cn1. The van der Waals surface area contributed by atoms with Gasteiger partial charge in [0.1, 0.15) is 5.69 Å². The third-order valence-corrected chi connectivity index (χ3v) is 4.11. The summed E-state index contributed by atoms with van der Waals surface area (Å²) in [5.41, 5.74) is 2.38. The van der Waals surface area contributed by atoms with Crippen LogP contribution in [-0.2, 0) is 6.54 Å². The molecule has 0 aromatic carbocycles. The van der Waals surface area contributed by atoms with Gasteiger partial charge in [-0.15, -0.1) is 0 Å². The van der Waals surface area contributed by atoms with Crippen molar-refractivity contribution in [3.63, 3.8) is 0 Å². The number of anilines is 1. The average molecular weight is 310 g/mol. The molecule has 1 saturated heterocycles. The maximum absolute atomic E-state index is 12.1. The Morgan fingerprint density at radius 1 is 1.04 bits per heavy atom. The summed E-state index contributed by atoms with van der Waals surface area (Å²) in [6.45, 7) is 2.56. The van der Waals surface area contributed by atoms with Crippen LogP contribution >= 0.6 is 0 Å². The smallest absolute Gasteiger partial charge is 0.270 e. The molecule has 0 atom stereocenters. The summed E-state index contributed by atoms with van der Waals surface area (Å²) in [5, 5.41) is 2.85. The maximum Gasteiger partial charge on any atom is 0.270 e. The van der Waals surface area contributed by atoms with E-state index in [4.69, 9.17) is 0 Å². The van der Waals surface area contributed by atoms with Crippen LogP contribution < -0.4 is 10.2 Å². The Labute approximate surface area is 136 Å². The fourth-order valence-corrected chi connectivity index (χ4v) is 2.80. The van der Waals surface area contributed by atoms with E-state index in [1.165, 1.54) is 25.7 Å². The summed E-state index contributed by atoms with van der Waals surface area (Å²) in [5.74, 6) is -0.168. The molecule has 0 spiro atoms. The average Bonchev–Trinajstić information content (AvgIpc) is 2.90. The van der Waals surface area contributed by atoms with Crippen LogP contribution in [0.3, 0.4) is 0 Å². The Hall–Kier alpha value is -2.43. The van der Waals surface area contributed by atoms with Crippen LogP contribution in [0.15, 0.2) is 42.7 Å². The van der Waals surface area contributed by atoms with Crippen LogP contribution in [0.5, 0.6) is 0 Å². The minimum absolute atomic E-state index is 0.168. The van der Waals surface area contributed by atoms with Gasteiger partial charge in [0.15, 0.2) is 0 Å². The normalized spacial score (nSPS) is 15.0. The van der Waals surface area contributed by atoms with Gasteiger partial charge in [0.05, 0.1) is 24.1 Å². The highest BCUT2D eigenvalue weighted by atomic mass is 16.1. The number of carbonyl (C=O) groups excluding carboxylic acids is 1. The molecule has 0 radical (unpaired) electrons. The molecule has 1 fully saturated rings. The molecule has 23 heavy (non-hydrogen) atoms. The van der Waals surface area contributed by atoms with Gasteiger partial charge in [-0.2, -0.15) is 0 Å². The van der Waals surface area contributed by atoms with Crippen molar-refractivity contribution in [3.05, 3.63) is 54.1 Å². The van der Waals surface area contributed by atoms with Gasteiger partial charge in [-0.25, -0.2) is 4.98 Å². The van der Waals surface area contributed by atoms with Gasteiger partial charge in [0.25, 0.3) is 5.91 Å². The van der Waals surface area contributed by atoms with E-state index in [1.54, 1.807) is 18.5 Å². The highest BCUT2D eigenvalue weighted by Gasteiger charge is 2.12. The topological polar surface area (TPSA) is 58.1 Å². The number of hydrogen-bond donors (Lipinski definition) is 1. The monoisotopic (exact) mass is 310 g/mol. The molecule has 3 rings (SSSR count). The van der Waals surface area contributed by atoms with Gasteiger partial charge < -0.3 is 10.2 Å². The second-order valence-electron chi connectivity index (χ2n) is 5.81. The number of aromatic nitrogens is 2. The number of hydrogen-bond acceptors (Lipinski definition) is 4. The van der Waals surface area contributed by atoms with Crippen molar-refractivity contribution in [2.75, 3.05) is 18.0 Å². The minimum Gasteiger partial charge on any atom is -0.370 e. The number of carbonyl (C=O) groups is 1. The largest absolute Gasteiger partial charge is 0.370 e. The summed E-state index contributed by atoms with van der Waals surface area (Å²) >= 11 is 0. The zero-order chi connectivity index (χ0) is 15.9. The molecule has 5 nitrogen and oxygen atoms in total. The molecule has 3 heterocycles. The molecular weight excluding hydrogens is 288 g/mol. The van der Waals surface area contributed by atoms with E-state index in [0.717, 1.165) is 24.5 Å². The highest BCUT2D eigenvalue weighted by Crippen LogP contribution is 2.18. The molecule has 1 amide bonds. The molecule has 2 aromatic rings. The van der Waals surface area contributed by atoms with Crippen molar-refractivity contribution in [1.82, 2.24) is 15.3 Å². The Morgan fingerprint density at radius 3 is 2.52 bits per heavy atom. The summed E-state index contributed by atoms with van der Waals surface area (Å²) < 4.78 is 0. The maximum atomic E-state index is 12.1. The second-order valence-corrected chi connectivity index (χ2v) is 5.81. The molecule has 0 unspecified atom stereocenters. The molecule has 2 aromatic heterocycles. The Morgan fingerprint density at radius 2 is 1.87 bits per heavy atom. The second kappa shape index (κ2) is 7.72. The molecule has 5 heteroatoms. The predicted molar refractivity (Wildman–Crippen MR) is 90.3 cm³/mol. The number of amides is 1. The number of nitrogens with zero attached hydrogens (tertiary/aromatic N) is 3. The van der Waals surface area contributed by atoms with Crippen molar-refractivity contribution < 1.29 is 4.79 Å². The van der Waals surface area contributed by atoms with E-state index in [1.807, 2.05) is 24.3 Å². The van der Waals surface area contributed by atoms with Crippen LogP contribution in [0, 0.1) is 0 Å². The van der Waals surface area contributed by atoms with Crippen molar-refractivity contribution in [2.24, 2.45) is 0 Å². The lowest BCUT2D eigenvalue weighted by atomic mass is 10.2. The first-order valence-corrected chi connectivity index (χ1v) is 8.22. The van der Waals surface area contributed by atoms with E-state index < -0.39 is 0 Å². The Balaban J connectivity index is 1.58. The number of nitrogens with one attached hydrogen (secondary N) is 1. The lowest BCUT2D eigenvalue weighted by molar-refractivity contribution is 0.0945. The zero-order valence-corrected chi connectivity index (χ0v) is 13.2. The summed E-state index contributed by atoms with van der Waals surface area (Å²) in [7, 11) is 0. The van der Waals surface area contributed by atoms with E-state index in [9.17, 15) is 4.79 Å². The summed E-state index contributed by atoms with van der Waals surface area (Å²) in [4.78, 5) is 23.0. The first-order valence-electron chi connectivity index (χ1n) is 8.22. The summed E-state index contributed by atoms with van der Waals surface area (Å²) in [6.07, 6.45) is 8.59. The molecule has 0 saturated carbocycles. The first kappa shape index (κ1) is 15.5. The molecule has 0 bridgehead atoms. The van der Waals surface area contributed by atoms with Crippen molar-refractivity contribution in [2.45, 2.75) is 32.2 Å². The van der Waals surface area contributed by atoms with E-state index in [-0.39, 0.29) is 5.91 Å². The van der Waals surface area contributed by atoms with Gasteiger partial charge >= 0.3 is 0 Å². The van der Waals surface area contributed by atoms with Gasteiger partial charge in [-0.1, -0.05) is 18.9 Å². The van der Waals surface area contributed by atoms with Crippen molar-refractivity contribution in [3.8, 4) is 0 Å². The van der Waals surface area contributed by atoms with Crippen LogP contribution in [-0.4, -0.2) is 29.0 Å². The highest BCUT2D eigenvalue weighted by molar-refractivity contribution is 5.92. The third kappa shape index (κ3) is 4.28. The Bertz CT molecular complexity index is 619. The standard InChI is InChI=1S/C18H22N4O/c23-18(21-13-15-7-3-4-10-19-15)17-9-8-16(14-20-17)22-11-5-1-2-6-12-22/h3-4,7-10,14H,1-2,5-6,11-13H2,(H,21,23). The molecule has 120 valence electrons. The summed E-state index contributed by atoms with van der Waals surface area (Å²) in [6, 6.07) is 9.44. The van der Waals surface area contributed by atoms with E-state index in [2.05, 4.69) is 20.2 Å². The third-order valence-electron chi connectivity index (χ3n) is 4.11. The predicted octanol–water partition coefficient (Wildman–Crippen LogP) is 2.79. The lowest BCUT2D eigenvalue weighted by Gasteiger charge is -2.22. The fourth-order valence-electron chi connectivity index (χ4n) is 2.80. The van der Waals surface area contributed by atoms with Crippen LogP contribution in [0.2, 0.25) is 0 Å². The van der Waals surface area contributed by atoms with Gasteiger partial charge in [-0.3, -0.25) is 9.78 Å². The minimum atomic E-state index is -0.168. The molecule has 0 aliphatic carbocycles. The van der Waals surface area contributed by atoms with Gasteiger partial charge in [-0.05, 0) is 37.1 Å². The van der Waals surface area contributed by atoms with Crippen LogP contribution in [0.1, 0.15) is 41.9 Å². The number of pyridine rings is 2. The van der Waals surface area contributed by atoms with Crippen LogP contribution in [0.25, 0.3) is 0 Å². The van der Waals surface area contributed by atoms with Gasteiger partial charge in [0.2, 0.25) is 0 Å². The molecular formula is C18H22N4O. The van der Waals surface area contributed by atoms with Crippen molar-refractivity contribution >= 4 is 11.6 Å². The Kier molecular flexibility index (Phi) is 5.19. The van der Waals surface area contributed by atoms with Gasteiger partial charge in [0, 0.05) is 19.3 Å². The molecule has 1 aliphatic rings. The quantitative estimate of drug-likeness (QED) is 0.943. The molecule has 1 aliphatic heterocycles.